The van der Waals surface area contributed by atoms with Crippen molar-refractivity contribution in [3.63, 3.8) is 0 Å². The Hall–Kier alpha value is -1.89. The first kappa shape index (κ1) is 17.0. The van der Waals surface area contributed by atoms with E-state index >= 15 is 0 Å². The van der Waals surface area contributed by atoms with Crippen molar-refractivity contribution in [2.45, 2.75) is 39.5 Å². The summed E-state index contributed by atoms with van der Waals surface area (Å²) >= 11 is 0. The lowest BCUT2D eigenvalue weighted by molar-refractivity contribution is 0.111. The van der Waals surface area contributed by atoms with Gasteiger partial charge in [-0.3, -0.25) is 4.90 Å². The second kappa shape index (κ2) is 7.34. The molecule has 1 unspecified atom stereocenters. The minimum atomic E-state index is -0.458. The van der Waals surface area contributed by atoms with E-state index < -0.39 is 6.10 Å². The maximum absolute atomic E-state index is 9.74. The molecular weight excluding hydrogens is 306 g/mol. The molecule has 0 bridgehead atoms. The quantitative estimate of drug-likeness (QED) is 0.835. The predicted molar refractivity (Wildman–Crippen MR) is 90.8 cm³/mol. The van der Waals surface area contributed by atoms with Crippen molar-refractivity contribution in [2.75, 3.05) is 19.6 Å². The van der Waals surface area contributed by atoms with Crippen LogP contribution in [0.4, 0.5) is 0 Å². The molecule has 0 saturated carbocycles. The first-order chi connectivity index (χ1) is 11.6. The number of hydrogen-bond acceptors (Lipinski definition) is 6. The average molecular weight is 331 g/mol. The first-order valence-electron chi connectivity index (χ1n) is 8.32. The highest BCUT2D eigenvalue weighted by Gasteiger charge is 2.21. The number of aryl methyl sites for hydroxylation is 1. The number of fused-ring (bicyclic) bond motifs is 1. The Labute approximate surface area is 142 Å². The van der Waals surface area contributed by atoms with Crippen LogP contribution in [-0.4, -0.2) is 40.7 Å². The molecular formula is C18H25N3O3. The lowest BCUT2D eigenvalue weighted by Gasteiger charge is -2.31. The number of hydrogen-bond donors (Lipinski definition) is 2. The van der Waals surface area contributed by atoms with Gasteiger partial charge in [-0.05, 0) is 43.0 Å². The van der Waals surface area contributed by atoms with Crippen LogP contribution in [0.5, 0.6) is 5.75 Å². The molecule has 2 aromatic rings. The second-order valence-electron chi connectivity index (χ2n) is 6.35. The van der Waals surface area contributed by atoms with Gasteiger partial charge in [0.1, 0.15) is 12.4 Å². The van der Waals surface area contributed by atoms with Crippen molar-refractivity contribution < 1.29 is 14.3 Å². The van der Waals surface area contributed by atoms with Gasteiger partial charge in [-0.1, -0.05) is 6.07 Å². The van der Waals surface area contributed by atoms with Crippen LogP contribution in [-0.2, 0) is 19.6 Å². The zero-order valence-corrected chi connectivity index (χ0v) is 14.3. The standard InChI is InChI=1S/C18H25N3O3/c1-12-16-5-6-21(9-15(22)7-19)8-14(16)3-4-17(12)23-10-18-13(2)20-11-24-18/h3-4,11,15,22H,5-10,19H2,1-2H3. The summed E-state index contributed by atoms with van der Waals surface area (Å²) in [6.45, 7) is 7.09. The van der Waals surface area contributed by atoms with E-state index in [4.69, 9.17) is 14.9 Å². The predicted octanol–water partition coefficient (Wildman–Crippen LogP) is 1.55. The number of aliphatic hydroxyl groups is 1. The highest BCUT2D eigenvalue weighted by atomic mass is 16.5. The monoisotopic (exact) mass is 331 g/mol. The molecule has 0 spiro atoms. The van der Waals surface area contributed by atoms with Crippen LogP contribution in [0.15, 0.2) is 22.9 Å². The van der Waals surface area contributed by atoms with E-state index in [0.29, 0.717) is 19.7 Å². The maximum atomic E-state index is 9.74. The number of aliphatic hydroxyl groups excluding tert-OH is 1. The Morgan fingerprint density at radius 2 is 2.25 bits per heavy atom. The van der Waals surface area contributed by atoms with Crippen LogP contribution in [0, 0.1) is 13.8 Å². The number of nitrogens with two attached hydrogens (primary N) is 1. The molecule has 0 amide bonds. The second-order valence-corrected chi connectivity index (χ2v) is 6.35. The molecule has 0 aliphatic carbocycles. The SMILES string of the molecule is Cc1ncoc1COc1ccc2c(c1C)CCN(CC(O)CN)C2. The molecule has 1 aromatic heterocycles. The third-order valence-corrected chi connectivity index (χ3v) is 4.66. The van der Waals surface area contributed by atoms with Gasteiger partial charge in [0.2, 0.25) is 0 Å². The molecule has 24 heavy (non-hydrogen) atoms. The van der Waals surface area contributed by atoms with Crippen molar-refractivity contribution in [1.82, 2.24) is 9.88 Å². The van der Waals surface area contributed by atoms with Gasteiger partial charge in [0.25, 0.3) is 0 Å². The Morgan fingerprint density at radius 1 is 1.42 bits per heavy atom. The summed E-state index contributed by atoms with van der Waals surface area (Å²) in [5.74, 6) is 1.65. The molecule has 3 rings (SSSR count). The van der Waals surface area contributed by atoms with Crippen molar-refractivity contribution in [3.05, 3.63) is 46.7 Å². The third kappa shape index (κ3) is 3.61. The van der Waals surface area contributed by atoms with Gasteiger partial charge in [0, 0.05) is 26.2 Å². The van der Waals surface area contributed by atoms with E-state index in [9.17, 15) is 5.11 Å². The summed E-state index contributed by atoms with van der Waals surface area (Å²) in [6, 6.07) is 4.13. The molecule has 0 saturated heterocycles. The van der Waals surface area contributed by atoms with Crippen LogP contribution in [0.25, 0.3) is 0 Å². The van der Waals surface area contributed by atoms with Crippen LogP contribution >= 0.6 is 0 Å². The number of ether oxygens (including phenoxy) is 1. The molecule has 6 nitrogen and oxygen atoms in total. The normalized spacial score (nSPS) is 16.0. The summed E-state index contributed by atoms with van der Waals surface area (Å²) in [4.78, 5) is 6.33. The number of nitrogens with zero attached hydrogens (tertiary/aromatic N) is 2. The first-order valence-corrected chi connectivity index (χ1v) is 8.32. The molecule has 1 aromatic carbocycles. The molecule has 6 heteroatoms. The number of β-amino-alcohol motifs (C(OH)–C–C–N with tert-alkyl or cyclic N) is 1. The molecule has 1 atom stereocenters. The molecule has 2 heterocycles. The van der Waals surface area contributed by atoms with Crippen LogP contribution < -0.4 is 10.5 Å². The Balaban J connectivity index is 1.69. The molecule has 1 aliphatic heterocycles. The van der Waals surface area contributed by atoms with Crippen LogP contribution in [0.2, 0.25) is 0 Å². The van der Waals surface area contributed by atoms with Crippen molar-refractivity contribution in [1.29, 1.82) is 0 Å². The smallest absolute Gasteiger partial charge is 0.181 e. The number of benzene rings is 1. The van der Waals surface area contributed by atoms with E-state index in [2.05, 4.69) is 22.9 Å². The van der Waals surface area contributed by atoms with Gasteiger partial charge < -0.3 is 20.0 Å². The molecule has 3 N–H and O–H groups in total. The van der Waals surface area contributed by atoms with E-state index in [0.717, 1.165) is 36.7 Å². The topological polar surface area (TPSA) is 84.8 Å². The largest absolute Gasteiger partial charge is 0.485 e. The number of rotatable bonds is 6. The zero-order chi connectivity index (χ0) is 17.1. The van der Waals surface area contributed by atoms with Gasteiger partial charge in [-0.25, -0.2) is 4.98 Å². The van der Waals surface area contributed by atoms with Crippen molar-refractivity contribution in [3.8, 4) is 5.75 Å². The van der Waals surface area contributed by atoms with Gasteiger partial charge in [0.05, 0.1) is 11.8 Å². The molecule has 0 radical (unpaired) electrons. The highest BCUT2D eigenvalue weighted by Crippen LogP contribution is 2.30. The third-order valence-electron chi connectivity index (χ3n) is 4.66. The van der Waals surface area contributed by atoms with Crippen molar-refractivity contribution >= 4 is 0 Å². The zero-order valence-electron chi connectivity index (χ0n) is 14.3. The fourth-order valence-corrected chi connectivity index (χ4v) is 3.17. The van der Waals surface area contributed by atoms with E-state index in [-0.39, 0.29) is 0 Å². The van der Waals surface area contributed by atoms with Gasteiger partial charge in [-0.2, -0.15) is 0 Å². The summed E-state index contributed by atoms with van der Waals surface area (Å²) < 4.78 is 11.3. The highest BCUT2D eigenvalue weighted by molar-refractivity contribution is 5.45. The van der Waals surface area contributed by atoms with Gasteiger partial charge in [-0.15, -0.1) is 0 Å². The minimum Gasteiger partial charge on any atom is -0.485 e. The van der Waals surface area contributed by atoms with E-state index in [1.54, 1.807) is 0 Å². The Morgan fingerprint density at radius 3 is 2.96 bits per heavy atom. The summed E-state index contributed by atoms with van der Waals surface area (Å²) in [5, 5.41) is 9.74. The van der Waals surface area contributed by atoms with E-state index in [1.165, 1.54) is 23.1 Å². The lowest BCUT2D eigenvalue weighted by atomic mass is 9.94. The fourth-order valence-electron chi connectivity index (χ4n) is 3.17. The Bertz CT molecular complexity index is 699. The molecule has 130 valence electrons. The van der Waals surface area contributed by atoms with Gasteiger partial charge in [0.15, 0.2) is 12.2 Å². The summed E-state index contributed by atoms with van der Waals surface area (Å²) in [7, 11) is 0. The van der Waals surface area contributed by atoms with Gasteiger partial charge >= 0.3 is 0 Å². The van der Waals surface area contributed by atoms with Crippen LogP contribution in [0.1, 0.15) is 28.1 Å². The molecule has 0 fully saturated rings. The fraction of sp³-hybridized carbons (Fsp3) is 0.500. The van der Waals surface area contributed by atoms with Crippen LogP contribution in [0.3, 0.4) is 0 Å². The number of aromatic nitrogens is 1. The Kier molecular flexibility index (Phi) is 5.18. The average Bonchev–Trinajstić information content (AvgIpc) is 2.99. The maximum Gasteiger partial charge on any atom is 0.181 e. The van der Waals surface area contributed by atoms with Crippen molar-refractivity contribution in [2.24, 2.45) is 5.73 Å². The minimum absolute atomic E-state index is 0.302. The lowest BCUT2D eigenvalue weighted by Crippen LogP contribution is -2.39. The number of oxazole rings is 1. The molecule has 1 aliphatic rings. The summed E-state index contributed by atoms with van der Waals surface area (Å²) in [5.41, 5.74) is 10.2. The summed E-state index contributed by atoms with van der Waals surface area (Å²) in [6.07, 6.45) is 1.94. The van der Waals surface area contributed by atoms with E-state index in [1.807, 2.05) is 13.0 Å².